The fourth-order valence-electron chi connectivity index (χ4n) is 2.29. The van der Waals surface area contributed by atoms with Gasteiger partial charge in [0.25, 0.3) is 0 Å². The molecule has 0 aliphatic heterocycles. The zero-order valence-corrected chi connectivity index (χ0v) is 14.4. The van der Waals surface area contributed by atoms with Crippen LogP contribution in [-0.4, -0.2) is 22.2 Å². The minimum absolute atomic E-state index is 0.0390. The van der Waals surface area contributed by atoms with Crippen LogP contribution < -0.4 is 4.74 Å². The van der Waals surface area contributed by atoms with Crippen molar-refractivity contribution in [1.82, 2.24) is 4.98 Å². The summed E-state index contributed by atoms with van der Waals surface area (Å²) in [4.78, 5) is 16.2. The molecule has 4 nitrogen and oxygen atoms in total. The average molecular weight is 334 g/mol. The quantitative estimate of drug-likeness (QED) is 0.835. The van der Waals surface area contributed by atoms with Crippen LogP contribution in [0.1, 0.15) is 49.7 Å². The Hall–Kier alpha value is -2.07. The molecule has 0 aliphatic rings. The Kier molecular flexibility index (Phi) is 5.26. The summed E-state index contributed by atoms with van der Waals surface area (Å²) < 4.78 is 5.74. The van der Waals surface area contributed by atoms with Gasteiger partial charge in [-0.3, -0.25) is 4.98 Å². The largest absolute Gasteiger partial charge is 0.490 e. The number of pyridine rings is 1. The van der Waals surface area contributed by atoms with Crippen molar-refractivity contribution in [3.63, 3.8) is 0 Å². The van der Waals surface area contributed by atoms with Crippen LogP contribution in [0.25, 0.3) is 11.3 Å². The molecule has 0 fully saturated rings. The molecule has 1 aromatic heterocycles. The predicted octanol–water partition coefficient (Wildman–Crippen LogP) is 5.01. The van der Waals surface area contributed by atoms with Gasteiger partial charge in [-0.05, 0) is 31.9 Å². The Morgan fingerprint density at radius 1 is 1.17 bits per heavy atom. The second-order valence-electron chi connectivity index (χ2n) is 5.90. The minimum Gasteiger partial charge on any atom is -0.490 e. The van der Waals surface area contributed by atoms with Crippen LogP contribution in [0.2, 0.25) is 5.02 Å². The lowest BCUT2D eigenvalue weighted by Gasteiger charge is -2.18. The van der Waals surface area contributed by atoms with E-state index in [9.17, 15) is 9.90 Å². The molecule has 23 heavy (non-hydrogen) atoms. The fraction of sp³-hybridized carbons (Fsp3) is 0.333. The summed E-state index contributed by atoms with van der Waals surface area (Å²) in [5.74, 6) is -0.724. The Labute approximate surface area is 141 Å². The summed E-state index contributed by atoms with van der Waals surface area (Å²) in [6.07, 6.45) is -0.131. The molecule has 0 spiro atoms. The van der Waals surface area contributed by atoms with Crippen molar-refractivity contribution in [3.8, 4) is 17.0 Å². The van der Waals surface area contributed by atoms with Gasteiger partial charge in [0.2, 0.25) is 0 Å². The molecule has 0 unspecified atom stereocenters. The van der Waals surface area contributed by atoms with Crippen molar-refractivity contribution >= 4 is 17.6 Å². The third-order valence-corrected chi connectivity index (χ3v) is 3.53. The first kappa shape index (κ1) is 17.3. The first-order chi connectivity index (χ1) is 10.8. The highest BCUT2D eigenvalue weighted by molar-refractivity contribution is 6.30. The van der Waals surface area contributed by atoms with E-state index in [4.69, 9.17) is 16.3 Å². The highest BCUT2D eigenvalue weighted by atomic mass is 35.5. The second-order valence-corrected chi connectivity index (χ2v) is 6.34. The lowest BCUT2D eigenvalue weighted by Crippen LogP contribution is -2.14. The van der Waals surface area contributed by atoms with Crippen LogP contribution in [0, 0.1) is 0 Å². The summed E-state index contributed by atoms with van der Waals surface area (Å²) in [5, 5.41) is 10.2. The lowest BCUT2D eigenvalue weighted by atomic mass is 10.0. The van der Waals surface area contributed by atoms with Gasteiger partial charge < -0.3 is 9.84 Å². The van der Waals surface area contributed by atoms with Gasteiger partial charge in [-0.25, -0.2) is 4.79 Å². The highest BCUT2D eigenvalue weighted by Gasteiger charge is 2.23. The van der Waals surface area contributed by atoms with Crippen LogP contribution in [0.4, 0.5) is 0 Å². The molecule has 0 aliphatic carbocycles. The Balaban J connectivity index is 2.67. The number of benzene rings is 1. The van der Waals surface area contributed by atoms with Gasteiger partial charge in [-0.1, -0.05) is 37.6 Å². The molecule has 0 atom stereocenters. The molecule has 1 aromatic carbocycles. The summed E-state index contributed by atoms with van der Waals surface area (Å²) in [6, 6.07) is 8.95. The number of ether oxygens (including phenoxy) is 1. The van der Waals surface area contributed by atoms with Crippen LogP contribution in [0.15, 0.2) is 30.3 Å². The zero-order valence-electron chi connectivity index (χ0n) is 13.6. The number of hydrogen-bond acceptors (Lipinski definition) is 3. The average Bonchev–Trinajstić information content (AvgIpc) is 2.46. The molecule has 0 amide bonds. The maximum absolute atomic E-state index is 11.7. The topological polar surface area (TPSA) is 59.4 Å². The van der Waals surface area contributed by atoms with Gasteiger partial charge >= 0.3 is 5.97 Å². The van der Waals surface area contributed by atoms with Gasteiger partial charge in [0.15, 0.2) is 0 Å². The Morgan fingerprint density at radius 2 is 1.78 bits per heavy atom. The third kappa shape index (κ3) is 4.02. The predicted molar refractivity (Wildman–Crippen MR) is 91.5 cm³/mol. The van der Waals surface area contributed by atoms with E-state index in [2.05, 4.69) is 4.98 Å². The molecule has 1 heterocycles. The molecule has 0 bridgehead atoms. The molecule has 2 rings (SSSR count). The van der Waals surface area contributed by atoms with Crippen molar-refractivity contribution in [2.75, 3.05) is 0 Å². The van der Waals surface area contributed by atoms with Gasteiger partial charge in [-0.15, -0.1) is 0 Å². The van der Waals surface area contributed by atoms with E-state index in [1.807, 2.05) is 39.8 Å². The smallest absolute Gasteiger partial charge is 0.341 e. The van der Waals surface area contributed by atoms with Crippen molar-refractivity contribution in [1.29, 1.82) is 0 Å². The Bertz CT molecular complexity index is 709. The van der Waals surface area contributed by atoms with E-state index in [1.54, 1.807) is 18.2 Å². The number of rotatable bonds is 5. The normalized spacial score (nSPS) is 11.1. The monoisotopic (exact) mass is 333 g/mol. The summed E-state index contributed by atoms with van der Waals surface area (Å²) >= 11 is 5.92. The van der Waals surface area contributed by atoms with Gasteiger partial charge in [0.1, 0.15) is 11.3 Å². The lowest BCUT2D eigenvalue weighted by molar-refractivity contribution is 0.0688. The third-order valence-electron chi connectivity index (χ3n) is 3.27. The molecule has 0 radical (unpaired) electrons. The van der Waals surface area contributed by atoms with Gasteiger partial charge in [0, 0.05) is 16.7 Å². The van der Waals surface area contributed by atoms with Crippen molar-refractivity contribution in [2.24, 2.45) is 0 Å². The second kappa shape index (κ2) is 7.01. The number of hydrogen-bond donors (Lipinski definition) is 1. The molecular formula is C18H20ClNO3. The first-order valence-electron chi connectivity index (χ1n) is 7.50. The molecule has 1 N–H and O–H groups in total. The standard InChI is InChI=1S/C18H20ClNO3/c1-10(2)17-16(18(21)22)15(23-11(3)4)9-14(20-17)12-5-7-13(19)8-6-12/h5-11H,1-4H3,(H,21,22). The summed E-state index contributed by atoms with van der Waals surface area (Å²) in [6.45, 7) is 7.56. The first-order valence-corrected chi connectivity index (χ1v) is 7.88. The van der Waals surface area contributed by atoms with Crippen LogP contribution in [-0.2, 0) is 0 Å². The van der Waals surface area contributed by atoms with E-state index in [1.165, 1.54) is 0 Å². The van der Waals surface area contributed by atoms with Crippen molar-refractivity contribution in [2.45, 2.75) is 39.7 Å². The molecule has 0 saturated carbocycles. The van der Waals surface area contributed by atoms with Gasteiger partial charge in [-0.2, -0.15) is 0 Å². The molecule has 122 valence electrons. The van der Waals surface area contributed by atoms with Crippen molar-refractivity contribution < 1.29 is 14.6 Å². The van der Waals surface area contributed by atoms with E-state index in [-0.39, 0.29) is 17.6 Å². The summed E-state index contributed by atoms with van der Waals surface area (Å²) in [7, 11) is 0. The summed E-state index contributed by atoms with van der Waals surface area (Å²) in [5.41, 5.74) is 2.18. The fourth-order valence-corrected chi connectivity index (χ4v) is 2.41. The molecule has 5 heteroatoms. The number of aromatic nitrogens is 1. The number of carbonyl (C=O) groups is 1. The number of carboxylic acid groups (broad SMARTS) is 1. The SMILES string of the molecule is CC(C)Oc1cc(-c2ccc(Cl)cc2)nc(C(C)C)c1C(=O)O. The van der Waals surface area contributed by atoms with E-state index >= 15 is 0 Å². The maximum Gasteiger partial charge on any atom is 0.341 e. The number of nitrogens with zero attached hydrogens (tertiary/aromatic N) is 1. The molecular weight excluding hydrogens is 314 g/mol. The molecule has 0 saturated heterocycles. The number of aromatic carboxylic acids is 1. The maximum atomic E-state index is 11.7. The van der Waals surface area contributed by atoms with E-state index in [0.717, 1.165) is 5.56 Å². The number of carboxylic acids is 1. The highest BCUT2D eigenvalue weighted by Crippen LogP contribution is 2.32. The van der Waals surface area contributed by atoms with Crippen LogP contribution >= 0.6 is 11.6 Å². The number of halogens is 1. The zero-order chi connectivity index (χ0) is 17.1. The molecule has 2 aromatic rings. The van der Waals surface area contributed by atoms with Crippen molar-refractivity contribution in [3.05, 3.63) is 46.6 Å². The van der Waals surface area contributed by atoms with Gasteiger partial charge in [0.05, 0.1) is 17.5 Å². The van der Waals surface area contributed by atoms with Crippen LogP contribution in [0.3, 0.4) is 0 Å². The van der Waals surface area contributed by atoms with E-state index < -0.39 is 5.97 Å². The minimum atomic E-state index is -1.03. The van der Waals surface area contributed by atoms with Crippen LogP contribution in [0.5, 0.6) is 5.75 Å². The van der Waals surface area contributed by atoms with E-state index in [0.29, 0.717) is 22.2 Å². The Morgan fingerprint density at radius 3 is 2.26 bits per heavy atom.